The average Bonchev–Trinajstić information content (AvgIpc) is 2.52. The zero-order valence-corrected chi connectivity index (χ0v) is 12.4. The molecule has 0 saturated carbocycles. The van der Waals surface area contributed by atoms with E-state index in [9.17, 15) is 9.59 Å². The van der Waals surface area contributed by atoms with Gasteiger partial charge >= 0.3 is 0 Å². The third-order valence-electron chi connectivity index (χ3n) is 4.27. The van der Waals surface area contributed by atoms with E-state index in [2.05, 4.69) is 5.32 Å². The molecule has 0 saturated heterocycles. The molecular formula is C18H17NO2. The molecule has 0 atom stereocenters. The van der Waals surface area contributed by atoms with Crippen molar-refractivity contribution in [2.75, 3.05) is 7.05 Å². The van der Waals surface area contributed by atoms with Crippen LogP contribution in [0.2, 0.25) is 0 Å². The zero-order valence-electron chi connectivity index (χ0n) is 12.4. The Bertz CT molecular complexity index is 760. The van der Waals surface area contributed by atoms with E-state index >= 15 is 0 Å². The van der Waals surface area contributed by atoms with E-state index in [4.69, 9.17) is 0 Å². The molecule has 0 unspecified atom stereocenters. The number of fused-ring (bicyclic) bond motifs is 2. The minimum absolute atomic E-state index is 0.0750. The minimum atomic E-state index is -0.255. The van der Waals surface area contributed by atoms with Crippen LogP contribution in [-0.2, 0) is 5.54 Å². The monoisotopic (exact) mass is 279 g/mol. The Hall–Kier alpha value is -2.26. The Labute approximate surface area is 124 Å². The van der Waals surface area contributed by atoms with Crippen molar-refractivity contribution >= 4 is 11.6 Å². The standard InChI is InChI=1S/C18H17NO2/c1-18(2,19-3)11-8-9-14-15(10-11)17(21)13-7-5-4-6-12(13)16(14)20/h4-10,19H,1-3H3. The molecule has 1 N–H and O–H groups in total. The van der Waals surface area contributed by atoms with Crippen LogP contribution in [0.25, 0.3) is 0 Å². The van der Waals surface area contributed by atoms with Crippen molar-refractivity contribution in [3.63, 3.8) is 0 Å². The molecule has 0 aromatic heterocycles. The highest BCUT2D eigenvalue weighted by atomic mass is 16.1. The lowest BCUT2D eigenvalue weighted by molar-refractivity contribution is 0.0979. The van der Waals surface area contributed by atoms with Crippen molar-refractivity contribution in [1.29, 1.82) is 0 Å². The number of hydrogen-bond acceptors (Lipinski definition) is 3. The molecule has 0 heterocycles. The fourth-order valence-corrected chi connectivity index (χ4v) is 2.63. The van der Waals surface area contributed by atoms with Gasteiger partial charge in [0, 0.05) is 27.8 Å². The first-order chi connectivity index (χ1) is 9.95. The highest BCUT2D eigenvalue weighted by molar-refractivity contribution is 6.28. The minimum Gasteiger partial charge on any atom is -0.311 e. The number of carbonyl (C=O) groups is 2. The quantitative estimate of drug-likeness (QED) is 0.784. The van der Waals surface area contributed by atoms with E-state index in [0.29, 0.717) is 22.3 Å². The summed E-state index contributed by atoms with van der Waals surface area (Å²) < 4.78 is 0. The molecule has 3 rings (SSSR count). The van der Waals surface area contributed by atoms with Gasteiger partial charge in [-0.2, -0.15) is 0 Å². The summed E-state index contributed by atoms with van der Waals surface area (Å²) in [5.41, 5.74) is 2.72. The van der Waals surface area contributed by atoms with Gasteiger partial charge in [0.15, 0.2) is 11.6 Å². The molecule has 0 amide bonds. The molecule has 0 fully saturated rings. The molecule has 21 heavy (non-hydrogen) atoms. The normalized spacial score (nSPS) is 13.9. The Morgan fingerprint density at radius 3 is 1.90 bits per heavy atom. The van der Waals surface area contributed by atoms with E-state index in [1.165, 1.54) is 0 Å². The molecule has 0 spiro atoms. The molecule has 1 aliphatic carbocycles. The zero-order chi connectivity index (χ0) is 15.2. The van der Waals surface area contributed by atoms with Gasteiger partial charge < -0.3 is 5.32 Å². The number of nitrogens with one attached hydrogen (secondary N) is 1. The third kappa shape index (κ3) is 2.01. The average molecular weight is 279 g/mol. The number of carbonyl (C=O) groups excluding carboxylic acids is 2. The van der Waals surface area contributed by atoms with Gasteiger partial charge in [-0.05, 0) is 38.6 Å². The summed E-state index contributed by atoms with van der Waals surface area (Å²) in [6, 6.07) is 12.5. The first kappa shape index (κ1) is 13.7. The van der Waals surface area contributed by atoms with Crippen LogP contribution in [-0.4, -0.2) is 18.6 Å². The van der Waals surface area contributed by atoms with Crippen molar-refractivity contribution in [3.8, 4) is 0 Å². The third-order valence-corrected chi connectivity index (χ3v) is 4.27. The number of benzene rings is 2. The molecule has 2 aromatic rings. The Morgan fingerprint density at radius 2 is 1.33 bits per heavy atom. The maximum Gasteiger partial charge on any atom is 0.194 e. The molecule has 0 radical (unpaired) electrons. The fraction of sp³-hybridized carbons (Fsp3) is 0.222. The lowest BCUT2D eigenvalue weighted by Gasteiger charge is -2.26. The summed E-state index contributed by atoms with van der Waals surface area (Å²) in [6.45, 7) is 4.08. The second-order valence-electron chi connectivity index (χ2n) is 5.84. The molecule has 2 aromatic carbocycles. The lowest BCUT2D eigenvalue weighted by atomic mass is 9.81. The van der Waals surface area contributed by atoms with E-state index in [1.807, 2.05) is 33.0 Å². The highest BCUT2D eigenvalue weighted by Crippen LogP contribution is 2.30. The molecule has 3 nitrogen and oxygen atoms in total. The molecule has 0 aliphatic heterocycles. The Balaban J connectivity index is 2.20. The molecular weight excluding hydrogens is 262 g/mol. The van der Waals surface area contributed by atoms with E-state index < -0.39 is 0 Å². The van der Waals surface area contributed by atoms with Gasteiger partial charge in [-0.25, -0.2) is 0 Å². The summed E-state index contributed by atoms with van der Waals surface area (Å²) in [5, 5.41) is 3.21. The largest absolute Gasteiger partial charge is 0.311 e. The maximum atomic E-state index is 12.6. The van der Waals surface area contributed by atoms with Gasteiger partial charge in [0.1, 0.15) is 0 Å². The van der Waals surface area contributed by atoms with Gasteiger partial charge in [-0.1, -0.05) is 30.3 Å². The van der Waals surface area contributed by atoms with Gasteiger partial charge in [0.25, 0.3) is 0 Å². The van der Waals surface area contributed by atoms with Crippen LogP contribution in [0.5, 0.6) is 0 Å². The number of rotatable bonds is 2. The second kappa shape index (κ2) is 4.64. The SMILES string of the molecule is CNC(C)(C)c1ccc2c(c1)C(=O)c1ccccc1C2=O. The molecule has 106 valence electrons. The maximum absolute atomic E-state index is 12.6. The van der Waals surface area contributed by atoms with Crippen LogP contribution in [0.1, 0.15) is 51.3 Å². The van der Waals surface area contributed by atoms with Gasteiger partial charge in [0.05, 0.1) is 0 Å². The van der Waals surface area contributed by atoms with Gasteiger partial charge in [-0.3, -0.25) is 9.59 Å². The van der Waals surface area contributed by atoms with Crippen LogP contribution in [0, 0.1) is 0 Å². The highest BCUT2D eigenvalue weighted by Gasteiger charge is 2.30. The van der Waals surface area contributed by atoms with Crippen LogP contribution >= 0.6 is 0 Å². The Morgan fingerprint density at radius 1 is 0.810 bits per heavy atom. The van der Waals surface area contributed by atoms with Crippen LogP contribution in [0.4, 0.5) is 0 Å². The summed E-state index contributed by atoms with van der Waals surface area (Å²) in [4.78, 5) is 25.2. The van der Waals surface area contributed by atoms with Crippen molar-refractivity contribution in [2.45, 2.75) is 19.4 Å². The lowest BCUT2D eigenvalue weighted by Crippen LogP contribution is -2.33. The summed E-state index contributed by atoms with van der Waals surface area (Å²) in [7, 11) is 1.88. The van der Waals surface area contributed by atoms with Crippen LogP contribution in [0.3, 0.4) is 0 Å². The molecule has 3 heteroatoms. The predicted octanol–water partition coefficient (Wildman–Crippen LogP) is 2.92. The number of hydrogen-bond donors (Lipinski definition) is 1. The van der Waals surface area contributed by atoms with Crippen LogP contribution < -0.4 is 5.32 Å². The molecule has 0 bridgehead atoms. The van der Waals surface area contributed by atoms with Crippen molar-refractivity contribution in [2.24, 2.45) is 0 Å². The summed E-state index contributed by atoms with van der Waals surface area (Å²) >= 11 is 0. The fourth-order valence-electron chi connectivity index (χ4n) is 2.63. The second-order valence-corrected chi connectivity index (χ2v) is 5.84. The number of ketones is 2. The summed E-state index contributed by atoms with van der Waals surface area (Å²) in [5.74, 6) is -0.150. The predicted molar refractivity (Wildman–Crippen MR) is 81.8 cm³/mol. The van der Waals surface area contributed by atoms with E-state index in [0.717, 1.165) is 5.56 Å². The van der Waals surface area contributed by atoms with Crippen molar-refractivity contribution in [1.82, 2.24) is 5.32 Å². The van der Waals surface area contributed by atoms with Crippen molar-refractivity contribution in [3.05, 3.63) is 70.3 Å². The first-order valence-electron chi connectivity index (χ1n) is 6.97. The Kier molecular flexibility index (Phi) is 3.03. The van der Waals surface area contributed by atoms with Crippen molar-refractivity contribution < 1.29 is 9.59 Å². The van der Waals surface area contributed by atoms with Gasteiger partial charge in [-0.15, -0.1) is 0 Å². The summed E-state index contributed by atoms with van der Waals surface area (Å²) in [6.07, 6.45) is 0. The van der Waals surface area contributed by atoms with E-state index in [-0.39, 0.29) is 17.1 Å². The smallest absolute Gasteiger partial charge is 0.194 e. The van der Waals surface area contributed by atoms with Gasteiger partial charge in [0.2, 0.25) is 0 Å². The molecule has 1 aliphatic rings. The topological polar surface area (TPSA) is 46.2 Å². The van der Waals surface area contributed by atoms with Crippen LogP contribution in [0.15, 0.2) is 42.5 Å². The van der Waals surface area contributed by atoms with E-state index in [1.54, 1.807) is 30.3 Å². The first-order valence-corrected chi connectivity index (χ1v) is 6.97.